The van der Waals surface area contributed by atoms with Crippen LogP contribution in [0.1, 0.15) is 33.3 Å². The minimum absolute atomic E-state index is 0.209. The van der Waals surface area contributed by atoms with Crippen molar-refractivity contribution in [2.24, 2.45) is 17.8 Å². The first-order chi connectivity index (χ1) is 8.41. The van der Waals surface area contributed by atoms with E-state index < -0.39 is 0 Å². The molecule has 1 rings (SSSR count). The number of anilines is 1. The molecule has 0 heterocycles. The van der Waals surface area contributed by atoms with Gasteiger partial charge in [-0.15, -0.1) is 0 Å². The lowest BCUT2D eigenvalue weighted by Crippen LogP contribution is -2.29. The van der Waals surface area contributed by atoms with E-state index in [1.807, 2.05) is 6.07 Å². The van der Waals surface area contributed by atoms with Crippen LogP contribution >= 0.6 is 0 Å². The van der Waals surface area contributed by atoms with Crippen LogP contribution in [0.15, 0.2) is 18.2 Å². The van der Waals surface area contributed by atoms with E-state index in [2.05, 4.69) is 33.0 Å². The number of nitrogens with one attached hydrogen (secondary N) is 1. The van der Waals surface area contributed by atoms with E-state index in [1.54, 1.807) is 6.07 Å². The first-order valence-electron chi connectivity index (χ1n) is 6.66. The molecule has 102 valence electrons. The maximum absolute atomic E-state index is 13.3. The third kappa shape index (κ3) is 4.30. The number of hydrogen-bond donors (Lipinski definition) is 2. The third-order valence-electron chi connectivity index (χ3n) is 3.49. The molecule has 0 unspecified atom stereocenters. The summed E-state index contributed by atoms with van der Waals surface area (Å²) in [5.74, 6) is 1.61. The van der Waals surface area contributed by atoms with Crippen LogP contribution in [0.3, 0.4) is 0 Å². The molecule has 0 bridgehead atoms. The monoisotopic (exact) mass is 252 g/mol. The average Bonchev–Trinajstić information content (AvgIpc) is 2.28. The quantitative estimate of drug-likeness (QED) is 0.761. The Morgan fingerprint density at radius 2 is 1.78 bits per heavy atom. The summed E-state index contributed by atoms with van der Waals surface area (Å²) in [6.45, 7) is 10.6. The molecule has 0 saturated heterocycles. The van der Waals surface area contributed by atoms with Gasteiger partial charge in [-0.2, -0.15) is 0 Å². The van der Waals surface area contributed by atoms with Crippen LogP contribution in [0.2, 0.25) is 0 Å². The van der Waals surface area contributed by atoms with Crippen molar-refractivity contribution in [1.82, 2.24) is 5.32 Å². The van der Waals surface area contributed by atoms with Crippen molar-refractivity contribution in [3.05, 3.63) is 29.6 Å². The van der Waals surface area contributed by atoms with Crippen LogP contribution in [0, 0.1) is 23.6 Å². The zero-order valence-electron chi connectivity index (χ0n) is 11.8. The molecule has 3 N–H and O–H groups in total. The molecule has 0 aliphatic heterocycles. The van der Waals surface area contributed by atoms with Gasteiger partial charge in [0.15, 0.2) is 0 Å². The Labute approximate surface area is 110 Å². The smallest absolute Gasteiger partial charge is 0.146 e. The summed E-state index contributed by atoms with van der Waals surface area (Å²) in [7, 11) is 0. The van der Waals surface area contributed by atoms with Crippen LogP contribution in [0.4, 0.5) is 10.1 Å². The molecule has 0 radical (unpaired) electrons. The van der Waals surface area contributed by atoms with E-state index in [4.69, 9.17) is 5.73 Å². The molecule has 2 nitrogen and oxygen atoms in total. The van der Waals surface area contributed by atoms with Crippen molar-refractivity contribution < 1.29 is 4.39 Å². The molecule has 0 fully saturated rings. The Balaban J connectivity index is 2.47. The second kappa shape index (κ2) is 6.74. The molecule has 1 aromatic rings. The highest BCUT2D eigenvalue weighted by Gasteiger charge is 2.16. The van der Waals surface area contributed by atoms with Crippen molar-refractivity contribution in [2.45, 2.75) is 34.2 Å². The summed E-state index contributed by atoms with van der Waals surface area (Å²) in [6, 6.07) is 4.99. The summed E-state index contributed by atoms with van der Waals surface area (Å²) in [5, 5.41) is 3.40. The van der Waals surface area contributed by atoms with Crippen LogP contribution in [0.25, 0.3) is 0 Å². The van der Waals surface area contributed by atoms with E-state index in [9.17, 15) is 4.39 Å². The highest BCUT2D eigenvalue weighted by Crippen LogP contribution is 2.19. The first kappa shape index (κ1) is 15.0. The van der Waals surface area contributed by atoms with Gasteiger partial charge in [0.05, 0.1) is 5.69 Å². The number of rotatable bonds is 6. The van der Waals surface area contributed by atoms with Gasteiger partial charge in [0.25, 0.3) is 0 Å². The number of benzene rings is 1. The largest absolute Gasteiger partial charge is 0.396 e. The Hall–Kier alpha value is -1.09. The molecule has 0 saturated carbocycles. The summed E-state index contributed by atoms with van der Waals surface area (Å²) in [4.78, 5) is 0. The second-order valence-electron chi connectivity index (χ2n) is 5.64. The van der Waals surface area contributed by atoms with Gasteiger partial charge in [-0.25, -0.2) is 4.39 Å². The summed E-state index contributed by atoms with van der Waals surface area (Å²) < 4.78 is 13.3. The third-order valence-corrected chi connectivity index (χ3v) is 3.49. The maximum atomic E-state index is 13.3. The Bertz CT molecular complexity index is 367. The molecule has 0 aliphatic carbocycles. The molecule has 0 aromatic heterocycles. The van der Waals surface area contributed by atoms with Crippen molar-refractivity contribution in [3.8, 4) is 0 Å². The van der Waals surface area contributed by atoms with Crippen molar-refractivity contribution in [2.75, 3.05) is 12.3 Å². The maximum Gasteiger partial charge on any atom is 0.146 e. The van der Waals surface area contributed by atoms with E-state index >= 15 is 0 Å². The minimum Gasteiger partial charge on any atom is -0.396 e. The molecule has 0 aliphatic rings. The summed E-state index contributed by atoms with van der Waals surface area (Å²) >= 11 is 0. The van der Waals surface area contributed by atoms with Crippen molar-refractivity contribution >= 4 is 5.69 Å². The molecule has 0 amide bonds. The zero-order valence-corrected chi connectivity index (χ0v) is 11.8. The fourth-order valence-corrected chi connectivity index (χ4v) is 2.30. The van der Waals surface area contributed by atoms with Crippen LogP contribution < -0.4 is 11.1 Å². The van der Waals surface area contributed by atoms with Gasteiger partial charge in [-0.05, 0) is 42.0 Å². The molecule has 3 heteroatoms. The van der Waals surface area contributed by atoms with Crippen LogP contribution in [0.5, 0.6) is 0 Å². The lowest BCUT2D eigenvalue weighted by atomic mass is 9.85. The van der Waals surface area contributed by atoms with Crippen molar-refractivity contribution in [1.29, 1.82) is 0 Å². The van der Waals surface area contributed by atoms with Gasteiger partial charge in [0, 0.05) is 6.54 Å². The van der Waals surface area contributed by atoms with Gasteiger partial charge in [-0.1, -0.05) is 33.8 Å². The van der Waals surface area contributed by atoms with Gasteiger partial charge in [-0.3, -0.25) is 0 Å². The summed E-state index contributed by atoms with van der Waals surface area (Å²) in [5.41, 5.74) is 6.60. The van der Waals surface area contributed by atoms with E-state index in [0.29, 0.717) is 24.3 Å². The fraction of sp³-hybridized carbons (Fsp3) is 0.600. The molecular formula is C15H25FN2. The van der Waals surface area contributed by atoms with Gasteiger partial charge in [0.2, 0.25) is 0 Å². The van der Waals surface area contributed by atoms with Crippen LogP contribution in [-0.2, 0) is 6.54 Å². The number of nitrogens with two attached hydrogens (primary N) is 1. The Kier molecular flexibility index (Phi) is 5.60. The molecule has 0 spiro atoms. The molecule has 0 atom stereocenters. The van der Waals surface area contributed by atoms with Gasteiger partial charge < -0.3 is 11.1 Å². The lowest BCUT2D eigenvalue weighted by Gasteiger charge is -2.25. The topological polar surface area (TPSA) is 38.0 Å². The van der Waals surface area contributed by atoms with E-state index in [1.165, 1.54) is 6.07 Å². The highest BCUT2D eigenvalue weighted by molar-refractivity contribution is 5.41. The fourth-order valence-electron chi connectivity index (χ4n) is 2.30. The second-order valence-corrected chi connectivity index (χ2v) is 5.64. The first-order valence-corrected chi connectivity index (χ1v) is 6.66. The van der Waals surface area contributed by atoms with E-state index in [0.717, 1.165) is 12.1 Å². The summed E-state index contributed by atoms with van der Waals surface area (Å²) in [6.07, 6.45) is 0. The standard InChI is InChI=1S/C15H25FN2/c1-10(2)13(11(3)4)9-18-8-12-5-6-15(17)14(16)7-12/h5-7,10-11,13,18H,8-9,17H2,1-4H3. The molecule has 1 aromatic carbocycles. The van der Waals surface area contributed by atoms with Crippen LogP contribution in [-0.4, -0.2) is 6.54 Å². The van der Waals surface area contributed by atoms with Gasteiger partial charge in [0.1, 0.15) is 5.82 Å². The molecule has 18 heavy (non-hydrogen) atoms. The number of hydrogen-bond acceptors (Lipinski definition) is 2. The lowest BCUT2D eigenvalue weighted by molar-refractivity contribution is 0.275. The van der Waals surface area contributed by atoms with Gasteiger partial charge >= 0.3 is 0 Å². The SMILES string of the molecule is CC(C)C(CNCc1ccc(N)c(F)c1)C(C)C. The Morgan fingerprint density at radius 3 is 2.28 bits per heavy atom. The predicted octanol–water partition coefficient (Wildman–Crippen LogP) is 3.43. The molecular weight excluding hydrogens is 227 g/mol. The van der Waals surface area contributed by atoms with Crippen molar-refractivity contribution in [3.63, 3.8) is 0 Å². The minimum atomic E-state index is -0.335. The van der Waals surface area contributed by atoms with E-state index in [-0.39, 0.29) is 11.5 Å². The highest BCUT2D eigenvalue weighted by atomic mass is 19.1. The predicted molar refractivity (Wildman–Crippen MR) is 75.7 cm³/mol. The zero-order chi connectivity index (χ0) is 13.7. The normalized spacial score (nSPS) is 11.8. The number of nitrogen functional groups attached to an aromatic ring is 1. The Morgan fingerprint density at radius 1 is 1.17 bits per heavy atom. The average molecular weight is 252 g/mol. The number of halogens is 1.